The number of carbonyl (C=O) groups is 1. The predicted octanol–water partition coefficient (Wildman–Crippen LogP) is 4.24. The number of halogens is 2. The maximum Gasteiger partial charge on any atom is 0.277 e. The van der Waals surface area contributed by atoms with Crippen molar-refractivity contribution in [2.24, 2.45) is 5.10 Å². The number of hydrazone groups is 1. The molecule has 2 aromatic carbocycles. The van der Waals surface area contributed by atoms with Crippen molar-refractivity contribution in [3.8, 4) is 5.75 Å². The summed E-state index contributed by atoms with van der Waals surface area (Å²) >= 11 is 13.4. The lowest BCUT2D eigenvalue weighted by atomic mass is 10.2. The molecule has 0 unspecified atom stereocenters. The smallest absolute Gasteiger partial charge is 0.277 e. The number of thioether (sulfide) groups is 1. The van der Waals surface area contributed by atoms with Crippen LogP contribution in [0.3, 0.4) is 0 Å². The Morgan fingerprint density at radius 3 is 2.65 bits per heavy atom. The molecule has 1 amide bonds. The SMILES string of the molecule is CSc1ccc(/C=N/NC(=O)COc2ccc(Cl)cc2Cl)cc1. The van der Waals surface area contributed by atoms with Crippen molar-refractivity contribution in [2.75, 3.05) is 12.9 Å². The van der Waals surface area contributed by atoms with Gasteiger partial charge in [-0.1, -0.05) is 35.3 Å². The quantitative estimate of drug-likeness (QED) is 0.471. The highest BCUT2D eigenvalue weighted by atomic mass is 35.5. The molecule has 1 N–H and O–H groups in total. The van der Waals surface area contributed by atoms with Gasteiger partial charge in [-0.05, 0) is 42.2 Å². The van der Waals surface area contributed by atoms with E-state index in [1.165, 1.54) is 4.90 Å². The zero-order valence-corrected chi connectivity index (χ0v) is 14.6. The summed E-state index contributed by atoms with van der Waals surface area (Å²) in [5, 5.41) is 4.73. The third-order valence-electron chi connectivity index (χ3n) is 2.77. The second kappa shape index (κ2) is 8.82. The minimum absolute atomic E-state index is 0.190. The summed E-state index contributed by atoms with van der Waals surface area (Å²) in [5.41, 5.74) is 3.29. The topological polar surface area (TPSA) is 50.7 Å². The maximum absolute atomic E-state index is 11.7. The minimum atomic E-state index is -0.381. The summed E-state index contributed by atoms with van der Waals surface area (Å²) in [7, 11) is 0. The zero-order valence-electron chi connectivity index (χ0n) is 12.3. The first-order valence-electron chi connectivity index (χ1n) is 6.62. The summed E-state index contributed by atoms with van der Waals surface area (Å²) in [4.78, 5) is 12.8. The molecule has 0 aliphatic rings. The third-order valence-corrected chi connectivity index (χ3v) is 4.05. The Morgan fingerprint density at radius 2 is 2.00 bits per heavy atom. The first-order valence-corrected chi connectivity index (χ1v) is 8.60. The van der Waals surface area contributed by atoms with Gasteiger partial charge < -0.3 is 4.74 Å². The fourth-order valence-corrected chi connectivity index (χ4v) is 2.51. The average molecular weight is 369 g/mol. The van der Waals surface area contributed by atoms with Crippen molar-refractivity contribution in [3.05, 3.63) is 58.1 Å². The van der Waals surface area contributed by atoms with Gasteiger partial charge in [-0.25, -0.2) is 5.43 Å². The van der Waals surface area contributed by atoms with E-state index in [0.717, 1.165) is 5.56 Å². The van der Waals surface area contributed by atoms with Crippen LogP contribution in [-0.2, 0) is 4.79 Å². The fraction of sp³-hybridized carbons (Fsp3) is 0.125. The Balaban J connectivity index is 1.81. The second-order valence-electron chi connectivity index (χ2n) is 4.43. The molecule has 0 saturated heterocycles. The fourth-order valence-electron chi connectivity index (χ4n) is 1.64. The molecule has 4 nitrogen and oxygen atoms in total. The van der Waals surface area contributed by atoms with Crippen LogP contribution < -0.4 is 10.2 Å². The molecule has 0 atom stereocenters. The van der Waals surface area contributed by atoms with Crippen LogP contribution in [-0.4, -0.2) is 25.0 Å². The molecule has 2 aromatic rings. The lowest BCUT2D eigenvalue weighted by Gasteiger charge is -2.07. The number of ether oxygens (including phenoxy) is 1. The largest absolute Gasteiger partial charge is 0.482 e. The van der Waals surface area contributed by atoms with E-state index < -0.39 is 0 Å². The van der Waals surface area contributed by atoms with Gasteiger partial charge in [0.1, 0.15) is 5.75 Å². The highest BCUT2D eigenvalue weighted by Crippen LogP contribution is 2.27. The maximum atomic E-state index is 11.7. The van der Waals surface area contributed by atoms with E-state index in [-0.39, 0.29) is 12.5 Å². The van der Waals surface area contributed by atoms with E-state index in [4.69, 9.17) is 27.9 Å². The molecule has 0 heterocycles. The highest BCUT2D eigenvalue weighted by Gasteiger charge is 2.05. The molecular formula is C16H14Cl2N2O2S. The monoisotopic (exact) mass is 368 g/mol. The number of hydrogen-bond donors (Lipinski definition) is 1. The second-order valence-corrected chi connectivity index (χ2v) is 6.15. The normalized spacial score (nSPS) is 10.7. The van der Waals surface area contributed by atoms with Gasteiger partial charge >= 0.3 is 0 Å². The van der Waals surface area contributed by atoms with E-state index >= 15 is 0 Å². The molecule has 0 aliphatic heterocycles. The van der Waals surface area contributed by atoms with Crippen LogP contribution in [0, 0.1) is 0 Å². The molecule has 0 saturated carbocycles. The number of nitrogens with one attached hydrogen (secondary N) is 1. The Kier molecular flexibility index (Phi) is 6.77. The lowest BCUT2D eigenvalue weighted by molar-refractivity contribution is -0.123. The molecular weight excluding hydrogens is 355 g/mol. The van der Waals surface area contributed by atoms with Gasteiger partial charge in [0.25, 0.3) is 5.91 Å². The van der Waals surface area contributed by atoms with Crippen LogP contribution in [0.2, 0.25) is 10.0 Å². The molecule has 0 spiro atoms. The average Bonchev–Trinajstić information content (AvgIpc) is 2.54. The van der Waals surface area contributed by atoms with Crippen molar-refractivity contribution >= 4 is 47.1 Å². The molecule has 2 rings (SSSR count). The zero-order chi connectivity index (χ0) is 16.7. The number of amides is 1. The highest BCUT2D eigenvalue weighted by molar-refractivity contribution is 7.98. The Bertz CT molecular complexity index is 706. The van der Waals surface area contributed by atoms with Gasteiger partial charge in [0.15, 0.2) is 6.61 Å². The molecule has 0 aromatic heterocycles. The van der Waals surface area contributed by atoms with Crippen molar-refractivity contribution < 1.29 is 9.53 Å². The number of rotatable bonds is 6. The van der Waals surface area contributed by atoms with Gasteiger partial charge in [0.2, 0.25) is 0 Å². The van der Waals surface area contributed by atoms with Gasteiger partial charge in [-0.15, -0.1) is 11.8 Å². The third kappa shape index (κ3) is 5.78. The van der Waals surface area contributed by atoms with Gasteiger partial charge in [0, 0.05) is 9.92 Å². The van der Waals surface area contributed by atoms with Crippen LogP contribution in [0.25, 0.3) is 0 Å². The standard InChI is InChI=1S/C16H14Cl2N2O2S/c1-23-13-5-2-11(3-6-13)9-19-20-16(21)10-22-15-7-4-12(17)8-14(15)18/h2-9H,10H2,1H3,(H,20,21)/b19-9+. The summed E-state index contributed by atoms with van der Waals surface area (Å²) < 4.78 is 5.31. The first kappa shape index (κ1) is 17.7. The molecule has 0 fully saturated rings. The number of benzene rings is 2. The summed E-state index contributed by atoms with van der Waals surface area (Å²) in [5.74, 6) is 0.0100. The summed E-state index contributed by atoms with van der Waals surface area (Å²) in [6.07, 6.45) is 3.58. The number of hydrogen-bond acceptors (Lipinski definition) is 4. The Morgan fingerprint density at radius 1 is 1.26 bits per heavy atom. The van der Waals surface area contributed by atoms with Crippen LogP contribution in [0.5, 0.6) is 5.75 Å². The summed E-state index contributed by atoms with van der Waals surface area (Å²) in [6, 6.07) is 12.6. The van der Waals surface area contributed by atoms with E-state index in [1.807, 2.05) is 30.5 Å². The number of nitrogens with zero attached hydrogens (tertiary/aromatic N) is 1. The van der Waals surface area contributed by atoms with Crippen LogP contribution in [0.15, 0.2) is 52.5 Å². The number of carbonyl (C=O) groups excluding carboxylic acids is 1. The molecule has 120 valence electrons. The van der Waals surface area contributed by atoms with Gasteiger partial charge in [0.05, 0.1) is 11.2 Å². The van der Waals surface area contributed by atoms with E-state index in [9.17, 15) is 4.79 Å². The van der Waals surface area contributed by atoms with Gasteiger partial charge in [-0.3, -0.25) is 4.79 Å². The van der Waals surface area contributed by atoms with Crippen molar-refractivity contribution in [1.82, 2.24) is 5.43 Å². The van der Waals surface area contributed by atoms with Gasteiger partial charge in [-0.2, -0.15) is 5.10 Å². The molecule has 0 aliphatic carbocycles. The van der Waals surface area contributed by atoms with E-state index in [1.54, 1.807) is 36.2 Å². The van der Waals surface area contributed by atoms with Crippen molar-refractivity contribution in [1.29, 1.82) is 0 Å². The van der Waals surface area contributed by atoms with E-state index in [0.29, 0.717) is 15.8 Å². The predicted molar refractivity (Wildman–Crippen MR) is 95.9 cm³/mol. The summed E-state index contributed by atoms with van der Waals surface area (Å²) in [6.45, 7) is -0.190. The van der Waals surface area contributed by atoms with Crippen LogP contribution >= 0.6 is 35.0 Å². The molecule has 23 heavy (non-hydrogen) atoms. The van der Waals surface area contributed by atoms with Crippen LogP contribution in [0.4, 0.5) is 0 Å². The lowest BCUT2D eigenvalue weighted by Crippen LogP contribution is -2.24. The Hall–Kier alpha value is -1.69. The van der Waals surface area contributed by atoms with Crippen molar-refractivity contribution in [2.45, 2.75) is 4.90 Å². The van der Waals surface area contributed by atoms with Crippen LogP contribution in [0.1, 0.15) is 5.56 Å². The molecule has 7 heteroatoms. The van der Waals surface area contributed by atoms with E-state index in [2.05, 4.69) is 10.5 Å². The first-order chi connectivity index (χ1) is 11.1. The Labute approximate surface area is 148 Å². The van der Waals surface area contributed by atoms with Crippen molar-refractivity contribution in [3.63, 3.8) is 0 Å². The molecule has 0 radical (unpaired) electrons. The molecule has 0 bridgehead atoms. The minimum Gasteiger partial charge on any atom is -0.482 e.